The van der Waals surface area contributed by atoms with Crippen LogP contribution in [-0.2, 0) is 0 Å². The Balaban J connectivity index is 2.87. The summed E-state index contributed by atoms with van der Waals surface area (Å²) in [5.74, 6) is 2.79. The Hall–Kier alpha value is -1.27. The Kier molecular flexibility index (Phi) is 2.29. The van der Waals surface area contributed by atoms with E-state index in [2.05, 4.69) is 31.3 Å². The molecule has 0 atom stereocenters. The van der Waals surface area contributed by atoms with Gasteiger partial charge in [-0.1, -0.05) is 6.58 Å². The van der Waals surface area contributed by atoms with Gasteiger partial charge in [-0.15, -0.1) is 0 Å². The third-order valence-corrected chi connectivity index (χ3v) is 1.50. The Bertz CT molecular complexity index is 242. The molecule has 0 amide bonds. The van der Waals surface area contributed by atoms with E-state index in [1.165, 1.54) is 0 Å². The number of nitrogens with zero attached hydrogens (tertiary/aromatic N) is 2. The van der Waals surface area contributed by atoms with Gasteiger partial charge in [-0.3, -0.25) is 0 Å². The topological polar surface area (TPSA) is 15.6 Å². The minimum absolute atomic E-state index is 0.410. The van der Waals surface area contributed by atoms with Gasteiger partial charge in [0.2, 0.25) is 0 Å². The average molecular weight is 148 g/mol. The fraction of sp³-hybridized carbons (Fsp3) is 0.333. The molecule has 1 rings (SSSR count). The maximum atomic E-state index is 3.88. The normalized spacial score (nSPS) is 16.3. The van der Waals surface area contributed by atoms with Crippen LogP contribution >= 0.6 is 0 Å². The highest BCUT2D eigenvalue weighted by molar-refractivity contribution is 5.54. The first-order valence-electron chi connectivity index (χ1n) is 3.64. The summed E-state index contributed by atoms with van der Waals surface area (Å²) in [4.78, 5) is 5.89. The summed E-state index contributed by atoms with van der Waals surface area (Å²) in [5, 5.41) is 0. The Morgan fingerprint density at radius 1 is 1.64 bits per heavy atom. The largest absolute Gasteiger partial charge is 0.338 e. The van der Waals surface area contributed by atoms with E-state index in [9.17, 15) is 0 Å². The van der Waals surface area contributed by atoms with Crippen LogP contribution < -0.4 is 0 Å². The van der Waals surface area contributed by atoms with Gasteiger partial charge >= 0.3 is 0 Å². The molecule has 0 aliphatic carbocycles. The molecule has 0 fully saturated rings. The summed E-state index contributed by atoms with van der Waals surface area (Å²) in [7, 11) is 0. The van der Waals surface area contributed by atoms with Crippen LogP contribution in [0.1, 0.15) is 13.8 Å². The number of rotatable bonds is 1. The van der Waals surface area contributed by atoms with E-state index in [-0.39, 0.29) is 0 Å². The van der Waals surface area contributed by atoms with Crippen LogP contribution in [0.5, 0.6) is 0 Å². The van der Waals surface area contributed by atoms with Crippen LogP contribution in [0, 0.1) is 0 Å². The summed E-state index contributed by atoms with van der Waals surface area (Å²) in [6.07, 6.45) is 5.38. The van der Waals surface area contributed by atoms with E-state index in [0.29, 0.717) is 6.04 Å². The third-order valence-electron chi connectivity index (χ3n) is 1.50. The predicted octanol–water partition coefficient (Wildman–Crippen LogP) is 1.92. The number of aliphatic imine (C=N–C) groups is 1. The molecule has 0 unspecified atom stereocenters. The highest BCUT2D eigenvalue weighted by atomic mass is 15.1. The van der Waals surface area contributed by atoms with Crippen LogP contribution in [0.25, 0.3) is 0 Å². The third kappa shape index (κ3) is 1.82. The summed E-state index contributed by atoms with van der Waals surface area (Å²) >= 11 is 0. The molecular weight excluding hydrogens is 136 g/mol. The monoisotopic (exact) mass is 148 g/mol. The van der Waals surface area contributed by atoms with Gasteiger partial charge in [0.1, 0.15) is 0 Å². The standard InChI is InChI=1S/C9H12N2/c1-8(2)11-7-6-10-5-4-9(11)3/h4-5,7-8H,3H2,1-2H3. The van der Waals surface area contributed by atoms with Crippen LogP contribution in [0.3, 0.4) is 0 Å². The number of hydrogen-bond donors (Lipinski definition) is 0. The van der Waals surface area contributed by atoms with Crippen molar-refractivity contribution in [2.45, 2.75) is 19.9 Å². The van der Waals surface area contributed by atoms with Crippen LogP contribution in [0.2, 0.25) is 0 Å². The zero-order chi connectivity index (χ0) is 8.27. The Morgan fingerprint density at radius 3 is 3.00 bits per heavy atom. The van der Waals surface area contributed by atoms with Gasteiger partial charge in [0, 0.05) is 23.8 Å². The van der Waals surface area contributed by atoms with E-state index in [4.69, 9.17) is 0 Å². The first-order chi connectivity index (χ1) is 5.22. The second-order valence-electron chi connectivity index (χ2n) is 2.70. The van der Waals surface area contributed by atoms with Gasteiger partial charge in [0.15, 0.2) is 0 Å². The smallest absolute Gasteiger partial charge is 0.0669 e. The minimum Gasteiger partial charge on any atom is -0.338 e. The van der Waals surface area contributed by atoms with Crippen molar-refractivity contribution >= 4 is 5.87 Å². The molecule has 11 heavy (non-hydrogen) atoms. The van der Waals surface area contributed by atoms with Gasteiger partial charge in [-0.2, -0.15) is 0 Å². The minimum atomic E-state index is 0.410. The van der Waals surface area contributed by atoms with Gasteiger partial charge in [0.25, 0.3) is 0 Å². The number of allylic oxidation sites excluding steroid dienone is 1. The quantitative estimate of drug-likeness (QED) is 0.554. The lowest BCUT2D eigenvalue weighted by Crippen LogP contribution is -2.22. The second kappa shape index (κ2) is 3.22. The molecule has 1 aliphatic heterocycles. The first-order valence-corrected chi connectivity index (χ1v) is 3.64. The molecule has 58 valence electrons. The van der Waals surface area contributed by atoms with Crippen molar-refractivity contribution in [2.24, 2.45) is 4.99 Å². The van der Waals surface area contributed by atoms with Crippen molar-refractivity contribution in [3.63, 3.8) is 0 Å². The molecule has 0 saturated heterocycles. The molecule has 0 saturated carbocycles. The summed E-state index contributed by atoms with van der Waals surface area (Å²) < 4.78 is 0. The van der Waals surface area contributed by atoms with E-state index in [1.54, 1.807) is 6.20 Å². The molecule has 1 heterocycles. The fourth-order valence-electron chi connectivity index (χ4n) is 0.912. The van der Waals surface area contributed by atoms with Crippen molar-refractivity contribution < 1.29 is 0 Å². The molecule has 0 spiro atoms. The molecule has 0 aromatic carbocycles. The zero-order valence-corrected chi connectivity index (χ0v) is 6.91. The molecular formula is C9H12N2. The predicted molar refractivity (Wildman–Crippen MR) is 47.3 cm³/mol. The molecule has 2 heteroatoms. The van der Waals surface area contributed by atoms with Crippen LogP contribution in [-0.4, -0.2) is 16.8 Å². The van der Waals surface area contributed by atoms with Crippen molar-refractivity contribution in [2.75, 3.05) is 0 Å². The van der Waals surface area contributed by atoms with E-state index >= 15 is 0 Å². The van der Waals surface area contributed by atoms with Gasteiger partial charge in [-0.05, 0) is 19.9 Å². The maximum Gasteiger partial charge on any atom is 0.0669 e. The second-order valence-corrected chi connectivity index (χ2v) is 2.70. The molecule has 2 nitrogen and oxygen atoms in total. The molecule has 0 aromatic heterocycles. The van der Waals surface area contributed by atoms with Gasteiger partial charge in [-0.25, -0.2) is 4.99 Å². The van der Waals surface area contributed by atoms with Crippen molar-refractivity contribution in [3.05, 3.63) is 30.8 Å². The van der Waals surface area contributed by atoms with Crippen molar-refractivity contribution in [1.29, 1.82) is 0 Å². The van der Waals surface area contributed by atoms with E-state index in [0.717, 1.165) is 5.70 Å². The highest BCUT2D eigenvalue weighted by Gasteiger charge is 2.06. The first kappa shape index (κ1) is 7.83. The molecule has 1 aliphatic rings. The number of hydrogen-bond acceptors (Lipinski definition) is 2. The lowest BCUT2D eigenvalue weighted by Gasteiger charge is -2.22. The zero-order valence-electron chi connectivity index (χ0n) is 6.91. The van der Waals surface area contributed by atoms with Gasteiger partial charge in [0.05, 0.1) is 6.20 Å². The van der Waals surface area contributed by atoms with Crippen molar-refractivity contribution in [1.82, 2.24) is 4.90 Å². The van der Waals surface area contributed by atoms with Gasteiger partial charge < -0.3 is 4.90 Å². The molecule has 0 N–H and O–H groups in total. The lowest BCUT2D eigenvalue weighted by molar-refractivity contribution is 0.401. The summed E-state index contributed by atoms with van der Waals surface area (Å²) in [5.41, 5.74) is 0.953. The highest BCUT2D eigenvalue weighted by Crippen LogP contribution is 2.09. The van der Waals surface area contributed by atoms with E-state index < -0.39 is 0 Å². The maximum absolute atomic E-state index is 3.88. The SMILES string of the molecule is C=C1C=CN=C=CN1C(C)C. The Morgan fingerprint density at radius 2 is 2.36 bits per heavy atom. The molecule has 0 bridgehead atoms. The summed E-state index contributed by atoms with van der Waals surface area (Å²) in [6.45, 7) is 8.08. The molecule has 0 radical (unpaired) electrons. The lowest BCUT2D eigenvalue weighted by atomic mass is 10.3. The average Bonchev–Trinajstić information content (AvgIpc) is 2.13. The van der Waals surface area contributed by atoms with Crippen molar-refractivity contribution in [3.8, 4) is 0 Å². The van der Waals surface area contributed by atoms with Crippen LogP contribution in [0.4, 0.5) is 0 Å². The fourth-order valence-corrected chi connectivity index (χ4v) is 0.912. The molecule has 0 aromatic rings. The Labute approximate surface area is 67.2 Å². The van der Waals surface area contributed by atoms with Crippen LogP contribution in [0.15, 0.2) is 35.7 Å². The van der Waals surface area contributed by atoms with E-state index in [1.807, 2.05) is 17.2 Å². The summed E-state index contributed by atoms with van der Waals surface area (Å²) in [6, 6.07) is 0.410.